The van der Waals surface area contributed by atoms with Crippen LogP contribution in [-0.2, 0) is 14.3 Å². The number of methoxy groups -OCH3 is 2. The van der Waals surface area contributed by atoms with Gasteiger partial charge in [0, 0.05) is 5.57 Å². The van der Waals surface area contributed by atoms with E-state index in [1.165, 1.54) is 13.2 Å². The Hall–Kier alpha value is -2.82. The van der Waals surface area contributed by atoms with Gasteiger partial charge >= 0.3 is 0 Å². The number of carbonyl (C=O) groups excluding carboxylic acids is 2. The van der Waals surface area contributed by atoms with Gasteiger partial charge in [-0.3, -0.25) is 9.59 Å². The van der Waals surface area contributed by atoms with E-state index in [9.17, 15) is 14.7 Å². The van der Waals surface area contributed by atoms with Gasteiger partial charge in [-0.25, -0.2) is 0 Å². The van der Waals surface area contributed by atoms with Crippen LogP contribution in [0.5, 0.6) is 5.75 Å². The summed E-state index contributed by atoms with van der Waals surface area (Å²) in [4.78, 5) is 26.3. The van der Waals surface area contributed by atoms with Crippen molar-refractivity contribution in [3.63, 3.8) is 0 Å². The second-order valence-corrected chi connectivity index (χ2v) is 7.13. The Morgan fingerprint density at radius 1 is 1.14 bits per heavy atom. The number of ether oxygens (including phenoxy) is 2. The summed E-state index contributed by atoms with van der Waals surface area (Å²) in [5.41, 5.74) is 1.21. The predicted molar refractivity (Wildman–Crippen MR) is 114 cm³/mol. The molecular weight excluding hydrogens is 368 g/mol. The highest BCUT2D eigenvalue weighted by atomic mass is 16.5. The molecule has 0 fully saturated rings. The molecule has 1 aliphatic carbocycles. The molecule has 5 heteroatoms. The minimum Gasteiger partial charge on any atom is -0.507 e. The molecule has 0 radical (unpaired) electrons. The van der Waals surface area contributed by atoms with E-state index in [4.69, 9.17) is 9.47 Å². The number of aryl methyl sites for hydroxylation is 1. The summed E-state index contributed by atoms with van der Waals surface area (Å²) in [6.45, 7) is 7.58. The van der Waals surface area contributed by atoms with Crippen molar-refractivity contribution in [1.29, 1.82) is 0 Å². The van der Waals surface area contributed by atoms with E-state index >= 15 is 0 Å². The van der Waals surface area contributed by atoms with Gasteiger partial charge in [-0.15, -0.1) is 0 Å². The molecule has 0 saturated heterocycles. The first kappa shape index (κ1) is 22.5. The number of carbonyl (C=O) groups is 2. The van der Waals surface area contributed by atoms with Crippen LogP contribution in [0, 0.1) is 12.3 Å². The Kier molecular flexibility index (Phi) is 7.07. The summed E-state index contributed by atoms with van der Waals surface area (Å²) in [5, 5.41) is 10.8. The second-order valence-electron chi connectivity index (χ2n) is 7.13. The van der Waals surface area contributed by atoms with E-state index in [-0.39, 0.29) is 17.1 Å². The Morgan fingerprint density at radius 3 is 2.28 bits per heavy atom. The molecule has 0 saturated carbocycles. The number of benzene rings is 1. The zero-order chi connectivity index (χ0) is 21.8. The zero-order valence-electron chi connectivity index (χ0n) is 18.1. The van der Waals surface area contributed by atoms with Crippen molar-refractivity contribution in [2.45, 2.75) is 47.0 Å². The minimum atomic E-state index is -0.929. The summed E-state index contributed by atoms with van der Waals surface area (Å²) < 4.78 is 10.7. The fraction of sp³-hybridized carbons (Fsp3) is 0.417. The Labute approximate surface area is 172 Å². The van der Waals surface area contributed by atoms with Gasteiger partial charge in [-0.05, 0) is 55.5 Å². The molecule has 0 spiro atoms. The highest BCUT2D eigenvalue weighted by Crippen LogP contribution is 2.46. The molecule has 0 heterocycles. The molecule has 1 aliphatic rings. The zero-order valence-corrected chi connectivity index (χ0v) is 18.1. The quantitative estimate of drug-likeness (QED) is 0.487. The van der Waals surface area contributed by atoms with Gasteiger partial charge in [0.15, 0.2) is 11.6 Å². The number of hydrogen-bond donors (Lipinski definition) is 1. The molecule has 0 unspecified atom stereocenters. The largest absolute Gasteiger partial charge is 0.507 e. The maximum atomic E-state index is 13.4. The number of aliphatic hydroxyl groups excluding tert-OH is 1. The van der Waals surface area contributed by atoms with Gasteiger partial charge in [0.2, 0.25) is 0 Å². The lowest BCUT2D eigenvalue weighted by Gasteiger charge is -2.37. The van der Waals surface area contributed by atoms with Crippen LogP contribution in [-0.4, -0.2) is 30.9 Å². The van der Waals surface area contributed by atoms with Crippen molar-refractivity contribution < 1.29 is 24.2 Å². The molecule has 0 bridgehead atoms. The lowest BCUT2D eigenvalue weighted by molar-refractivity contribution is -0.128. The van der Waals surface area contributed by atoms with Crippen LogP contribution in [0.4, 0.5) is 0 Å². The molecule has 0 amide bonds. The molecule has 2 rings (SSSR count). The highest BCUT2D eigenvalue weighted by molar-refractivity contribution is 6.28. The molecule has 1 N–H and O–H groups in total. The minimum absolute atomic E-state index is 0.159. The molecule has 1 aromatic rings. The highest BCUT2D eigenvalue weighted by Gasteiger charge is 2.49. The average Bonchev–Trinajstić information content (AvgIpc) is 2.72. The van der Waals surface area contributed by atoms with E-state index in [1.54, 1.807) is 13.2 Å². The smallest absolute Gasteiger partial charge is 0.193 e. The third kappa shape index (κ3) is 3.86. The fourth-order valence-electron chi connectivity index (χ4n) is 3.98. The number of allylic oxidation sites excluding steroid dienone is 4. The maximum Gasteiger partial charge on any atom is 0.193 e. The first-order chi connectivity index (χ1) is 13.8. The predicted octanol–water partition coefficient (Wildman–Crippen LogP) is 5.10. The number of ketones is 2. The summed E-state index contributed by atoms with van der Waals surface area (Å²) in [5.74, 6) is 0.0477. The van der Waals surface area contributed by atoms with E-state index in [0.717, 1.165) is 16.9 Å². The molecule has 29 heavy (non-hydrogen) atoms. The van der Waals surface area contributed by atoms with Crippen LogP contribution >= 0.6 is 0 Å². The van der Waals surface area contributed by atoms with Crippen molar-refractivity contribution in [2.75, 3.05) is 14.2 Å². The monoisotopic (exact) mass is 398 g/mol. The van der Waals surface area contributed by atoms with Crippen molar-refractivity contribution >= 4 is 17.6 Å². The topological polar surface area (TPSA) is 72.8 Å². The van der Waals surface area contributed by atoms with Gasteiger partial charge in [-0.2, -0.15) is 0 Å². The lowest BCUT2D eigenvalue weighted by Crippen LogP contribution is -2.40. The SMILES string of the molecule is CCC1=C(OC)C(CC)(CC)C(=O)C(C(=O)/C=C/c2ccc(OC)cc2C)=C1O. The normalized spacial score (nSPS) is 16.6. The first-order valence-corrected chi connectivity index (χ1v) is 9.94. The Balaban J connectivity index is 2.52. The van der Waals surface area contributed by atoms with Gasteiger partial charge in [0.25, 0.3) is 0 Å². The van der Waals surface area contributed by atoms with Gasteiger partial charge in [-0.1, -0.05) is 32.9 Å². The summed E-state index contributed by atoms with van der Waals surface area (Å²) in [6, 6.07) is 5.52. The van der Waals surface area contributed by atoms with Crippen LogP contribution in [0.1, 0.15) is 51.2 Å². The molecule has 0 atom stereocenters. The van der Waals surface area contributed by atoms with E-state index in [2.05, 4.69) is 0 Å². The lowest BCUT2D eigenvalue weighted by atomic mass is 9.68. The van der Waals surface area contributed by atoms with Crippen LogP contribution < -0.4 is 4.74 Å². The van der Waals surface area contributed by atoms with Gasteiger partial charge < -0.3 is 14.6 Å². The van der Waals surface area contributed by atoms with E-state index in [1.807, 2.05) is 45.9 Å². The Morgan fingerprint density at radius 2 is 1.79 bits per heavy atom. The molecule has 1 aromatic carbocycles. The van der Waals surface area contributed by atoms with Crippen molar-refractivity contribution in [2.24, 2.45) is 5.41 Å². The number of hydrogen-bond acceptors (Lipinski definition) is 5. The van der Waals surface area contributed by atoms with Crippen molar-refractivity contribution in [1.82, 2.24) is 0 Å². The Bertz CT molecular complexity index is 898. The first-order valence-electron chi connectivity index (χ1n) is 9.94. The third-order valence-corrected chi connectivity index (χ3v) is 5.80. The summed E-state index contributed by atoms with van der Waals surface area (Å²) in [7, 11) is 3.10. The molecule has 0 aliphatic heterocycles. The van der Waals surface area contributed by atoms with Crippen molar-refractivity contribution in [3.05, 3.63) is 58.1 Å². The van der Waals surface area contributed by atoms with E-state index < -0.39 is 11.2 Å². The molecule has 0 aromatic heterocycles. The summed E-state index contributed by atoms with van der Waals surface area (Å²) >= 11 is 0. The van der Waals surface area contributed by atoms with Gasteiger partial charge in [0.1, 0.15) is 22.8 Å². The number of Topliss-reactive ketones (excluding diaryl/α,β-unsaturated/α-hetero) is 1. The fourth-order valence-corrected chi connectivity index (χ4v) is 3.98. The maximum absolute atomic E-state index is 13.4. The standard InChI is InChI=1S/C24H30O5/c1-7-18-21(26)20(22(27)24(8-2,9-3)23(18)29-6)19(25)13-11-16-10-12-17(28-5)14-15(16)4/h10-14,26H,7-9H2,1-6H3/b13-11+. The molecule has 5 nitrogen and oxygen atoms in total. The number of aliphatic hydroxyl groups is 1. The van der Waals surface area contributed by atoms with Crippen LogP contribution in [0.15, 0.2) is 46.9 Å². The molecular formula is C24H30O5. The van der Waals surface area contributed by atoms with Crippen LogP contribution in [0.25, 0.3) is 6.08 Å². The second kappa shape index (κ2) is 9.12. The molecule has 156 valence electrons. The van der Waals surface area contributed by atoms with E-state index in [0.29, 0.717) is 30.6 Å². The number of rotatable bonds is 8. The van der Waals surface area contributed by atoms with Crippen molar-refractivity contribution in [3.8, 4) is 5.75 Å². The van der Waals surface area contributed by atoms with Crippen LogP contribution in [0.3, 0.4) is 0 Å². The van der Waals surface area contributed by atoms with Gasteiger partial charge in [0.05, 0.1) is 19.6 Å². The average molecular weight is 398 g/mol. The third-order valence-electron chi connectivity index (χ3n) is 5.80. The van der Waals surface area contributed by atoms with Crippen LogP contribution in [0.2, 0.25) is 0 Å². The summed E-state index contributed by atoms with van der Waals surface area (Å²) in [6.07, 6.45) is 4.44.